The molecule has 68 fully saturated rings. The molecule has 80 unspecified atom stereocenters. The van der Waals surface area contributed by atoms with Crippen LogP contribution in [0.5, 0.6) is 0 Å². The van der Waals surface area contributed by atoms with Crippen LogP contribution in [0.15, 0.2) is 22.3 Å². The molecule has 70 rings (SSSR count). The summed E-state index contributed by atoms with van der Waals surface area (Å²) in [5, 5.41) is 0. The van der Waals surface area contributed by atoms with Gasteiger partial charge in [-0.2, -0.15) is 0 Å². The summed E-state index contributed by atoms with van der Waals surface area (Å²) in [7, 11) is 0. The van der Waals surface area contributed by atoms with Crippen LogP contribution in [0, 0.1) is 446 Å². The van der Waals surface area contributed by atoms with Gasteiger partial charge in [-0.15, -0.1) is 0 Å². The maximum Gasteiger partial charge on any atom is 0.0181 e. The molecule has 80 atom stereocenters. The fraction of sp³-hybridized carbons (Fsp3) is 0.955. The monoisotopic (exact) mass is 1090 g/mol. The van der Waals surface area contributed by atoms with E-state index in [1.807, 2.05) is 25.7 Å². The standard InChI is InChI=1S/C88H34/c1-5-13-21-22-14-6-2-10-19-27-31-34-32-28-20-12-4-8-16-24-23-15-7-3-11-18-26-30-33-29-25-17-9(1)35(5)39(13)47(21)48(22)40(14)36(6,10)44(19)53(27)57(31)60(34)58(32)54(28)46(20)38(8,12)42(16)50(24)49(23)41(15)37(7,11)45(18)52(26)56(30)59(33)55(29)51(25)43(17,35)61(39)65(47)66(48)62(40,44)70(53)75(57)78(60)76(58)72(54)64(42,46)68(50)67(49)63(41,45)71(52)74(56)77(59)73(55)69(51,61)79(65)80(66,70)84(75)83(73,79)87(77)85(74)81(67,71)82(68,72)86(76,85)88(78,84)87/h5-19,21-27,29-30,32-33H,1-4H2. The van der Waals surface area contributed by atoms with Crippen molar-refractivity contribution in [3.05, 3.63) is 87.3 Å². The average Bonchev–Trinajstić information content (AvgIpc) is 0.397. The SMILES string of the molecule is C1C2C3=C4C5C6=C7C8C9C%10CC%11C%12C%13C%14C%15C%16CC%17C%18C%19C%20C%21C%22C%23C%24C%25CC%26C%27C%28C%29C%30C1C21C32C43C54C65C76C87C98C%10%11C%129C%13%10C%14%11C%15%12C%16%17C%18%13C%19%14C%20%15C%21%16C%22%17C%23%18C%24%19C%26%25C%27%20C%28%21C%29%22C%301C21C32C43C54C65C76C89C%107C%118C%12%13C%149C%15%10C%16%11C%17%12C%18%13C%20%19C%21%14C%221C21C%14%13C%122C31C41C53C67C89C%103C%1112. The van der Waals surface area contributed by atoms with Crippen LogP contribution in [0.2, 0.25) is 0 Å². The first-order chi connectivity index (χ1) is 43.8. The van der Waals surface area contributed by atoms with E-state index in [2.05, 4.69) is 22.3 Å². The molecule has 386 valence electrons. The van der Waals surface area contributed by atoms with Crippen LogP contribution in [-0.4, -0.2) is 0 Å². The highest BCUT2D eigenvalue weighted by Crippen LogP contribution is 3.90. The predicted octanol–water partition coefficient (Wildman–Crippen LogP) is 6.35. The molecule has 0 radical (unpaired) electrons. The van der Waals surface area contributed by atoms with Crippen LogP contribution >= 0.6 is 0 Å². The Hall–Kier alpha value is -0.520. The molecule has 88 heavy (non-hydrogen) atoms. The van der Waals surface area contributed by atoms with Gasteiger partial charge in [-0.3, -0.25) is 0 Å². The smallest absolute Gasteiger partial charge is 0.0181 e. The summed E-state index contributed by atoms with van der Waals surface area (Å²) < 4.78 is 0. The van der Waals surface area contributed by atoms with Gasteiger partial charge < -0.3 is 0 Å². The lowest BCUT2D eigenvalue weighted by atomic mass is 8.21. The lowest BCUT2D eigenvalue weighted by molar-refractivity contribution is -1.19. The van der Waals surface area contributed by atoms with Crippen LogP contribution < -0.4 is 0 Å². The fourth-order valence-electron chi connectivity index (χ4n) is 108. The van der Waals surface area contributed by atoms with Crippen molar-refractivity contribution in [1.29, 1.82) is 0 Å². The highest BCUT2D eigenvalue weighted by Gasteiger charge is 3.87. The molecule has 70 aliphatic rings. The molecule has 0 heteroatoms. The Morgan fingerprint density at radius 3 is 0.932 bits per heavy atom. The molecule has 0 N–H and O–H groups in total. The highest BCUT2D eigenvalue weighted by atomic mass is 15.9. The third-order valence-corrected chi connectivity index (χ3v) is 81.4. The zero-order valence-corrected chi connectivity index (χ0v) is 46.8. The van der Waals surface area contributed by atoms with Gasteiger partial charge in [0.05, 0.1) is 0 Å². The van der Waals surface area contributed by atoms with Crippen molar-refractivity contribution in [3.63, 3.8) is 0 Å². The van der Waals surface area contributed by atoms with Crippen molar-refractivity contribution in [3.8, 4) is 0 Å². The summed E-state index contributed by atoms with van der Waals surface area (Å²) in [4.78, 5) is 0. The second kappa shape index (κ2) is 3.63. The van der Waals surface area contributed by atoms with E-state index in [-0.39, 0.29) is 0 Å². The van der Waals surface area contributed by atoms with Gasteiger partial charge in [0.15, 0.2) is 0 Å². The predicted molar refractivity (Wildman–Crippen MR) is 264 cm³/mol. The summed E-state index contributed by atoms with van der Waals surface area (Å²) in [6.45, 7) is 0. The summed E-state index contributed by atoms with van der Waals surface area (Å²) in [6.07, 6.45) is 7.58. The number of fused-ring (bicyclic) bond motifs is 24. The quantitative estimate of drug-likeness (QED) is 0.249. The van der Waals surface area contributed by atoms with Crippen molar-refractivity contribution in [2.24, 2.45) is 381 Å². The van der Waals surface area contributed by atoms with Gasteiger partial charge in [-0.1, -0.05) is 22.3 Å². The van der Waals surface area contributed by atoms with Gasteiger partial charge in [-0.05, 0) is 374 Å². The highest BCUT2D eigenvalue weighted by molar-refractivity contribution is 6.71. The summed E-state index contributed by atoms with van der Waals surface area (Å²) >= 11 is 0. The number of hydrogen-bond donors (Lipinski definition) is 0. The molecule has 0 aromatic rings. The average molecular weight is 1090 g/mol. The number of allylic oxidation sites excluding steroid dienone is 4. The third kappa shape index (κ3) is 0.472. The van der Waals surface area contributed by atoms with Crippen molar-refractivity contribution < 1.29 is 0 Å². The van der Waals surface area contributed by atoms with Crippen molar-refractivity contribution in [2.45, 2.75) is 25.7 Å². The maximum atomic E-state index is 2.72. The van der Waals surface area contributed by atoms with E-state index in [9.17, 15) is 0 Å². The summed E-state index contributed by atoms with van der Waals surface area (Å²) in [5.74, 6) is 36.5. The molecule has 0 aliphatic heterocycles. The Morgan fingerprint density at radius 2 is 0.455 bits per heavy atom. The normalized spacial score (nSPS) is 152. The van der Waals surface area contributed by atoms with Gasteiger partial charge in [0.2, 0.25) is 0 Å². The molecule has 68 saturated carbocycles. The Bertz CT molecular complexity index is 7470. The Balaban J connectivity index is 0.667. The molecule has 0 aromatic heterocycles. The zero-order chi connectivity index (χ0) is 47.1. The second-order valence-corrected chi connectivity index (χ2v) is 58.7. The van der Waals surface area contributed by atoms with E-state index in [1.165, 1.54) is 154 Å². The molecule has 70 aliphatic carbocycles. The fourth-order valence-corrected chi connectivity index (χ4v) is 108. The van der Waals surface area contributed by atoms with Gasteiger partial charge in [0.1, 0.15) is 0 Å². The Kier molecular flexibility index (Phi) is 1.10. The first kappa shape index (κ1) is 26.7. The van der Waals surface area contributed by atoms with E-state index in [1.54, 1.807) is 0 Å². The topological polar surface area (TPSA) is 0 Å². The molecule has 54 spiro atoms. The molecule has 0 saturated heterocycles. The minimum absolute atomic E-state index is 0.991. The minimum Gasteiger partial charge on any atom is -0.0576 e. The lowest BCUT2D eigenvalue weighted by Gasteiger charge is -3.81. The summed E-state index contributed by atoms with van der Waals surface area (Å²) in [6, 6.07) is 0. The first-order valence-corrected chi connectivity index (χ1v) is 43.3. The van der Waals surface area contributed by atoms with Gasteiger partial charge in [0.25, 0.3) is 0 Å². The van der Waals surface area contributed by atoms with Gasteiger partial charge in [-0.25, -0.2) is 0 Å². The molecule has 0 bridgehead atoms. The van der Waals surface area contributed by atoms with Crippen molar-refractivity contribution >= 4 is 0 Å². The van der Waals surface area contributed by atoms with E-state index in [0.717, 1.165) is 292 Å². The summed E-state index contributed by atoms with van der Waals surface area (Å²) in [5.41, 5.74) is 70.8. The van der Waals surface area contributed by atoms with Crippen molar-refractivity contribution in [1.82, 2.24) is 0 Å². The molecule has 0 amide bonds. The molecule has 0 aromatic carbocycles. The number of rotatable bonds is 0. The Labute approximate surface area is 491 Å². The molecule has 0 nitrogen and oxygen atoms in total. The first-order valence-electron chi connectivity index (χ1n) is 43.3. The van der Waals surface area contributed by atoms with Crippen LogP contribution in [0.25, 0.3) is 0 Å². The second-order valence-electron chi connectivity index (χ2n) is 58.7. The zero-order valence-electron chi connectivity index (χ0n) is 46.8. The molecule has 0 heterocycles. The van der Waals surface area contributed by atoms with Crippen LogP contribution in [-0.2, 0) is 0 Å². The van der Waals surface area contributed by atoms with E-state index in [4.69, 9.17) is 0 Å². The number of hydrogen-bond acceptors (Lipinski definition) is 0. The lowest BCUT2D eigenvalue weighted by Crippen LogP contribution is -3.78. The van der Waals surface area contributed by atoms with Crippen LogP contribution in [0.3, 0.4) is 0 Å². The van der Waals surface area contributed by atoms with Crippen molar-refractivity contribution in [2.75, 3.05) is 0 Å². The largest absolute Gasteiger partial charge is 0.0576 e. The van der Waals surface area contributed by atoms with E-state index < -0.39 is 0 Å². The van der Waals surface area contributed by atoms with E-state index in [0.29, 0.717) is 0 Å². The minimum atomic E-state index is 0.991. The van der Waals surface area contributed by atoms with Gasteiger partial charge >= 0.3 is 0 Å². The molecular formula is C88H34. The Morgan fingerprint density at radius 1 is 0.170 bits per heavy atom. The van der Waals surface area contributed by atoms with E-state index >= 15 is 0 Å². The third-order valence-electron chi connectivity index (χ3n) is 81.4. The molecular weight excluding hydrogens is 1060 g/mol. The maximum absolute atomic E-state index is 2.72. The van der Waals surface area contributed by atoms with Gasteiger partial charge in [0, 0.05) is 98.0 Å². The van der Waals surface area contributed by atoms with Crippen LogP contribution in [0.4, 0.5) is 0 Å². The van der Waals surface area contributed by atoms with Crippen LogP contribution in [0.1, 0.15) is 25.7 Å².